The van der Waals surface area contributed by atoms with Gasteiger partial charge < -0.3 is 15.2 Å². The predicted molar refractivity (Wildman–Crippen MR) is 72.4 cm³/mol. The standard InChI is InChI=1S/C12H19N3OS/c1-2-3-15-9-10(13)8-11(15)12(16)14-4-6-17-7-5-14/h8-9H,2-7,13H2,1H3. The van der Waals surface area contributed by atoms with Crippen molar-refractivity contribution < 1.29 is 4.79 Å². The zero-order chi connectivity index (χ0) is 12.3. The fraction of sp³-hybridized carbons (Fsp3) is 0.583. The molecule has 0 spiro atoms. The smallest absolute Gasteiger partial charge is 0.270 e. The Bertz CT molecular complexity index is 396. The quantitative estimate of drug-likeness (QED) is 0.891. The minimum atomic E-state index is 0.121. The molecular weight excluding hydrogens is 234 g/mol. The first kappa shape index (κ1) is 12.4. The van der Waals surface area contributed by atoms with Gasteiger partial charge in [0.1, 0.15) is 5.69 Å². The average Bonchev–Trinajstić information content (AvgIpc) is 2.71. The Morgan fingerprint density at radius 2 is 2.18 bits per heavy atom. The summed E-state index contributed by atoms with van der Waals surface area (Å²) in [4.78, 5) is 14.3. The van der Waals surface area contributed by atoms with Gasteiger partial charge in [-0.2, -0.15) is 11.8 Å². The highest BCUT2D eigenvalue weighted by Crippen LogP contribution is 2.17. The lowest BCUT2D eigenvalue weighted by molar-refractivity contribution is 0.0761. The molecule has 2 heterocycles. The zero-order valence-electron chi connectivity index (χ0n) is 10.2. The lowest BCUT2D eigenvalue weighted by Gasteiger charge is -2.26. The molecule has 94 valence electrons. The number of carbonyl (C=O) groups excluding carboxylic acids is 1. The average molecular weight is 253 g/mol. The summed E-state index contributed by atoms with van der Waals surface area (Å²) < 4.78 is 1.97. The Morgan fingerprint density at radius 1 is 1.47 bits per heavy atom. The van der Waals surface area contributed by atoms with Gasteiger partial charge in [-0.3, -0.25) is 4.79 Å². The van der Waals surface area contributed by atoms with Crippen LogP contribution in [-0.4, -0.2) is 40.0 Å². The number of carbonyl (C=O) groups is 1. The van der Waals surface area contributed by atoms with Crippen molar-refractivity contribution in [3.8, 4) is 0 Å². The maximum Gasteiger partial charge on any atom is 0.270 e. The second-order valence-electron chi connectivity index (χ2n) is 4.26. The number of aryl methyl sites for hydroxylation is 1. The van der Waals surface area contributed by atoms with E-state index in [4.69, 9.17) is 5.73 Å². The highest BCUT2D eigenvalue weighted by molar-refractivity contribution is 7.99. The Labute approximate surface area is 106 Å². The van der Waals surface area contributed by atoms with E-state index in [1.807, 2.05) is 27.4 Å². The summed E-state index contributed by atoms with van der Waals surface area (Å²) in [5.41, 5.74) is 7.19. The SMILES string of the molecule is CCCn1cc(N)cc1C(=O)N1CCSCC1. The lowest BCUT2D eigenvalue weighted by Crippen LogP contribution is -2.38. The Kier molecular flexibility index (Phi) is 3.99. The first-order chi connectivity index (χ1) is 8.22. The van der Waals surface area contributed by atoms with Gasteiger partial charge in [0, 0.05) is 37.3 Å². The number of anilines is 1. The number of amides is 1. The molecule has 0 atom stereocenters. The van der Waals surface area contributed by atoms with Gasteiger partial charge in [-0.25, -0.2) is 0 Å². The van der Waals surface area contributed by atoms with Crippen LogP contribution in [0.15, 0.2) is 12.3 Å². The third-order valence-corrected chi connectivity index (χ3v) is 3.84. The molecule has 2 N–H and O–H groups in total. The molecule has 1 saturated heterocycles. The largest absolute Gasteiger partial charge is 0.397 e. The van der Waals surface area contributed by atoms with Gasteiger partial charge in [0.2, 0.25) is 0 Å². The van der Waals surface area contributed by atoms with E-state index < -0.39 is 0 Å². The monoisotopic (exact) mass is 253 g/mol. The van der Waals surface area contributed by atoms with Crippen LogP contribution in [0.25, 0.3) is 0 Å². The van der Waals surface area contributed by atoms with Crippen LogP contribution < -0.4 is 5.73 Å². The molecule has 0 aliphatic carbocycles. The molecule has 17 heavy (non-hydrogen) atoms. The summed E-state index contributed by atoms with van der Waals surface area (Å²) in [5.74, 6) is 2.20. The molecule has 0 radical (unpaired) electrons. The van der Waals surface area contributed by atoms with E-state index in [0.29, 0.717) is 5.69 Å². The topological polar surface area (TPSA) is 51.3 Å². The number of rotatable bonds is 3. The zero-order valence-corrected chi connectivity index (χ0v) is 11.0. The Hall–Kier alpha value is -1.10. The molecule has 1 fully saturated rings. The number of nitrogen functional groups attached to an aromatic ring is 1. The van der Waals surface area contributed by atoms with Crippen LogP contribution in [0, 0.1) is 0 Å². The molecular formula is C12H19N3OS. The molecule has 1 aromatic heterocycles. The maximum atomic E-state index is 12.3. The summed E-state index contributed by atoms with van der Waals surface area (Å²) in [5, 5.41) is 0. The molecule has 0 unspecified atom stereocenters. The van der Waals surface area contributed by atoms with E-state index in [9.17, 15) is 4.79 Å². The summed E-state index contributed by atoms with van der Waals surface area (Å²) in [6.07, 6.45) is 2.86. The molecule has 0 aromatic carbocycles. The van der Waals surface area contributed by atoms with E-state index in [0.717, 1.165) is 43.3 Å². The van der Waals surface area contributed by atoms with E-state index >= 15 is 0 Å². The number of nitrogens with two attached hydrogens (primary N) is 1. The molecule has 2 rings (SSSR count). The van der Waals surface area contributed by atoms with E-state index in [1.165, 1.54) is 0 Å². The molecule has 1 amide bonds. The Balaban J connectivity index is 2.16. The second-order valence-corrected chi connectivity index (χ2v) is 5.48. The predicted octanol–water partition coefficient (Wildman–Crippen LogP) is 1.67. The van der Waals surface area contributed by atoms with Crippen LogP contribution in [0.2, 0.25) is 0 Å². The van der Waals surface area contributed by atoms with Crippen molar-refractivity contribution in [3.63, 3.8) is 0 Å². The molecule has 1 aliphatic heterocycles. The number of aromatic nitrogens is 1. The van der Waals surface area contributed by atoms with Gasteiger partial charge in [-0.05, 0) is 12.5 Å². The van der Waals surface area contributed by atoms with Crippen LogP contribution >= 0.6 is 11.8 Å². The molecule has 1 aliphatic rings. The van der Waals surface area contributed by atoms with E-state index in [1.54, 1.807) is 6.07 Å². The Morgan fingerprint density at radius 3 is 2.82 bits per heavy atom. The van der Waals surface area contributed by atoms with Gasteiger partial charge >= 0.3 is 0 Å². The summed E-state index contributed by atoms with van der Waals surface area (Å²) in [7, 11) is 0. The number of nitrogens with zero attached hydrogens (tertiary/aromatic N) is 2. The summed E-state index contributed by atoms with van der Waals surface area (Å²) >= 11 is 1.91. The number of hydrogen-bond donors (Lipinski definition) is 1. The van der Waals surface area contributed by atoms with Crippen LogP contribution in [0.3, 0.4) is 0 Å². The van der Waals surface area contributed by atoms with Crippen molar-refractivity contribution >= 4 is 23.4 Å². The molecule has 1 aromatic rings. The van der Waals surface area contributed by atoms with Crippen molar-refractivity contribution in [2.75, 3.05) is 30.3 Å². The van der Waals surface area contributed by atoms with Crippen LogP contribution in [0.1, 0.15) is 23.8 Å². The van der Waals surface area contributed by atoms with Crippen molar-refractivity contribution in [2.24, 2.45) is 0 Å². The first-order valence-electron chi connectivity index (χ1n) is 6.05. The highest BCUT2D eigenvalue weighted by atomic mass is 32.2. The third-order valence-electron chi connectivity index (χ3n) is 2.90. The number of thioether (sulfide) groups is 1. The second kappa shape index (κ2) is 5.49. The molecule has 4 nitrogen and oxygen atoms in total. The minimum Gasteiger partial charge on any atom is -0.397 e. The summed E-state index contributed by atoms with van der Waals surface area (Å²) in [6.45, 7) is 4.64. The van der Waals surface area contributed by atoms with Crippen molar-refractivity contribution in [2.45, 2.75) is 19.9 Å². The van der Waals surface area contributed by atoms with E-state index in [2.05, 4.69) is 6.92 Å². The van der Waals surface area contributed by atoms with Crippen LogP contribution in [0.4, 0.5) is 5.69 Å². The van der Waals surface area contributed by atoms with Crippen LogP contribution in [0.5, 0.6) is 0 Å². The fourth-order valence-electron chi connectivity index (χ4n) is 2.07. The molecule has 5 heteroatoms. The lowest BCUT2D eigenvalue weighted by atomic mass is 10.3. The molecule has 0 bridgehead atoms. The first-order valence-corrected chi connectivity index (χ1v) is 7.20. The third kappa shape index (κ3) is 2.77. The van der Waals surface area contributed by atoms with E-state index in [-0.39, 0.29) is 5.91 Å². The van der Waals surface area contributed by atoms with Gasteiger partial charge in [0.05, 0.1) is 5.69 Å². The maximum absolute atomic E-state index is 12.3. The van der Waals surface area contributed by atoms with Gasteiger partial charge in [0.25, 0.3) is 5.91 Å². The molecule has 0 saturated carbocycles. The van der Waals surface area contributed by atoms with Gasteiger partial charge in [-0.15, -0.1) is 0 Å². The van der Waals surface area contributed by atoms with Crippen molar-refractivity contribution in [3.05, 3.63) is 18.0 Å². The van der Waals surface area contributed by atoms with Gasteiger partial charge in [-0.1, -0.05) is 6.92 Å². The van der Waals surface area contributed by atoms with Gasteiger partial charge in [0.15, 0.2) is 0 Å². The van der Waals surface area contributed by atoms with Crippen molar-refractivity contribution in [1.29, 1.82) is 0 Å². The highest BCUT2D eigenvalue weighted by Gasteiger charge is 2.21. The van der Waals surface area contributed by atoms with Crippen molar-refractivity contribution in [1.82, 2.24) is 9.47 Å². The normalized spacial score (nSPS) is 16.2. The fourth-order valence-corrected chi connectivity index (χ4v) is 2.97. The summed E-state index contributed by atoms with van der Waals surface area (Å²) in [6, 6.07) is 1.79. The minimum absolute atomic E-state index is 0.121. The number of hydrogen-bond acceptors (Lipinski definition) is 3. The van der Waals surface area contributed by atoms with Crippen LogP contribution in [-0.2, 0) is 6.54 Å².